The van der Waals surface area contributed by atoms with E-state index in [0.717, 1.165) is 36.1 Å². The number of nitrogens with one attached hydrogen (secondary N) is 3. The number of thioether (sulfide) groups is 1. The van der Waals surface area contributed by atoms with Crippen molar-refractivity contribution in [3.05, 3.63) is 99.6 Å². The molecule has 246 valence electrons. The van der Waals surface area contributed by atoms with Gasteiger partial charge in [0.25, 0.3) is 11.8 Å². The van der Waals surface area contributed by atoms with Crippen LogP contribution in [0, 0.1) is 11.3 Å². The van der Waals surface area contributed by atoms with Crippen molar-refractivity contribution >= 4 is 57.6 Å². The molecular formula is C36H34N4O6S2. The van der Waals surface area contributed by atoms with Crippen molar-refractivity contribution in [3.8, 4) is 23.3 Å². The summed E-state index contributed by atoms with van der Waals surface area (Å²) in [5.41, 5.74) is 2.90. The van der Waals surface area contributed by atoms with Crippen molar-refractivity contribution in [2.45, 2.75) is 30.6 Å². The molecule has 0 atom stereocenters. The Hall–Kier alpha value is -5.25. The predicted octanol–water partition coefficient (Wildman–Crippen LogP) is 6.66. The lowest BCUT2D eigenvalue weighted by Gasteiger charge is -2.15. The van der Waals surface area contributed by atoms with E-state index in [0.29, 0.717) is 44.6 Å². The summed E-state index contributed by atoms with van der Waals surface area (Å²) in [6.07, 6.45) is 5.45. The summed E-state index contributed by atoms with van der Waals surface area (Å²) in [6, 6.07) is 21.1. The highest BCUT2D eigenvalue weighted by Gasteiger charge is 2.22. The molecule has 12 heteroatoms. The van der Waals surface area contributed by atoms with Crippen molar-refractivity contribution in [1.29, 1.82) is 5.26 Å². The second kappa shape index (κ2) is 16.0. The van der Waals surface area contributed by atoms with E-state index in [-0.39, 0.29) is 17.4 Å². The molecule has 0 aliphatic heterocycles. The Morgan fingerprint density at radius 2 is 1.62 bits per heavy atom. The van der Waals surface area contributed by atoms with Gasteiger partial charge in [-0.25, -0.2) is 0 Å². The summed E-state index contributed by atoms with van der Waals surface area (Å²) in [7, 11) is 4.49. The van der Waals surface area contributed by atoms with E-state index in [1.165, 1.54) is 55.4 Å². The van der Waals surface area contributed by atoms with Crippen molar-refractivity contribution in [3.63, 3.8) is 0 Å². The smallest absolute Gasteiger partial charge is 0.272 e. The summed E-state index contributed by atoms with van der Waals surface area (Å²) in [5, 5.41) is 18.8. The van der Waals surface area contributed by atoms with Gasteiger partial charge in [0.15, 0.2) is 11.5 Å². The molecule has 3 N–H and O–H groups in total. The lowest BCUT2D eigenvalue weighted by molar-refractivity contribution is -0.114. The number of ether oxygens (including phenoxy) is 3. The van der Waals surface area contributed by atoms with E-state index in [2.05, 4.69) is 22.0 Å². The van der Waals surface area contributed by atoms with Gasteiger partial charge in [-0.05, 0) is 73.7 Å². The number of fused-ring (bicyclic) bond motifs is 1. The number of hydrogen-bond acceptors (Lipinski definition) is 9. The molecule has 5 rings (SSSR count). The highest BCUT2D eigenvalue weighted by atomic mass is 32.2. The number of methoxy groups -OCH3 is 3. The largest absolute Gasteiger partial charge is 0.496 e. The maximum absolute atomic E-state index is 13.7. The minimum absolute atomic E-state index is 0.0428. The molecule has 48 heavy (non-hydrogen) atoms. The first-order chi connectivity index (χ1) is 23.3. The van der Waals surface area contributed by atoms with Gasteiger partial charge in [0, 0.05) is 32.7 Å². The van der Waals surface area contributed by atoms with Crippen molar-refractivity contribution in [2.75, 3.05) is 37.7 Å². The van der Waals surface area contributed by atoms with Gasteiger partial charge in [0.05, 0.1) is 32.6 Å². The molecule has 3 amide bonds. The third kappa shape index (κ3) is 8.17. The SMILES string of the molecule is COc1cc(OC)c(OC)cc1/C=C(/NC(=O)c1ccccc1)C(=O)Nc1cccc(SCC(=O)Nc2sc3c(c2C#N)CCCC3)c1. The van der Waals surface area contributed by atoms with Gasteiger partial charge < -0.3 is 30.2 Å². The lowest BCUT2D eigenvalue weighted by atomic mass is 9.96. The van der Waals surface area contributed by atoms with Crippen LogP contribution in [0.2, 0.25) is 0 Å². The maximum atomic E-state index is 13.7. The van der Waals surface area contributed by atoms with Crippen LogP contribution in [0.1, 0.15) is 44.8 Å². The first-order valence-corrected chi connectivity index (χ1v) is 16.9. The number of benzene rings is 3. The Morgan fingerprint density at radius 3 is 2.35 bits per heavy atom. The molecular weight excluding hydrogens is 649 g/mol. The zero-order chi connectivity index (χ0) is 34.0. The molecule has 0 spiro atoms. The van der Waals surface area contributed by atoms with Gasteiger partial charge in [-0.2, -0.15) is 5.26 Å². The number of carbonyl (C=O) groups excluding carboxylic acids is 3. The summed E-state index contributed by atoms with van der Waals surface area (Å²) < 4.78 is 16.3. The van der Waals surface area contributed by atoms with Gasteiger partial charge in [-0.15, -0.1) is 23.1 Å². The van der Waals surface area contributed by atoms with E-state index in [9.17, 15) is 19.6 Å². The van der Waals surface area contributed by atoms with Crippen LogP contribution in [0.4, 0.5) is 10.7 Å². The fourth-order valence-electron chi connectivity index (χ4n) is 5.21. The molecule has 1 aliphatic carbocycles. The summed E-state index contributed by atoms with van der Waals surface area (Å²) in [4.78, 5) is 41.6. The third-order valence-corrected chi connectivity index (χ3v) is 9.76. The molecule has 0 bridgehead atoms. The van der Waals surface area contributed by atoms with Crippen molar-refractivity contribution < 1.29 is 28.6 Å². The number of thiophene rings is 1. The van der Waals surface area contributed by atoms with Crippen LogP contribution in [0.25, 0.3) is 6.08 Å². The number of rotatable bonds is 12. The number of anilines is 2. The van der Waals surface area contributed by atoms with Gasteiger partial charge in [0.1, 0.15) is 22.5 Å². The Morgan fingerprint density at radius 1 is 0.896 bits per heavy atom. The van der Waals surface area contributed by atoms with Crippen LogP contribution in [0.3, 0.4) is 0 Å². The molecule has 1 aliphatic rings. The van der Waals surface area contributed by atoms with E-state index in [1.807, 2.05) is 6.07 Å². The van der Waals surface area contributed by atoms with E-state index >= 15 is 0 Å². The van der Waals surface area contributed by atoms with E-state index < -0.39 is 11.8 Å². The highest BCUT2D eigenvalue weighted by Crippen LogP contribution is 2.38. The fraction of sp³-hybridized carbons (Fsp3) is 0.222. The molecule has 3 aromatic carbocycles. The number of hydrogen-bond donors (Lipinski definition) is 3. The van der Waals surface area contributed by atoms with Gasteiger partial charge in [-0.1, -0.05) is 24.3 Å². The Kier molecular flexibility index (Phi) is 11.4. The first kappa shape index (κ1) is 34.1. The van der Waals surface area contributed by atoms with Crippen LogP contribution in [0.15, 0.2) is 77.3 Å². The second-order valence-corrected chi connectivity index (χ2v) is 12.8. The van der Waals surface area contributed by atoms with Crippen LogP contribution >= 0.6 is 23.1 Å². The first-order valence-electron chi connectivity index (χ1n) is 15.1. The predicted molar refractivity (Wildman–Crippen MR) is 188 cm³/mol. The zero-order valence-corrected chi connectivity index (χ0v) is 28.3. The number of nitriles is 1. The minimum Gasteiger partial charge on any atom is -0.496 e. The van der Waals surface area contributed by atoms with Crippen LogP contribution in [0.5, 0.6) is 17.2 Å². The molecule has 10 nitrogen and oxygen atoms in total. The number of nitrogens with zero attached hydrogens (tertiary/aromatic N) is 1. The zero-order valence-electron chi connectivity index (χ0n) is 26.7. The number of carbonyl (C=O) groups is 3. The van der Waals surface area contributed by atoms with E-state index in [1.54, 1.807) is 60.7 Å². The van der Waals surface area contributed by atoms with Crippen LogP contribution < -0.4 is 30.2 Å². The number of aryl methyl sites for hydroxylation is 1. The lowest BCUT2D eigenvalue weighted by Crippen LogP contribution is -2.30. The molecule has 0 radical (unpaired) electrons. The molecule has 1 aromatic heterocycles. The maximum Gasteiger partial charge on any atom is 0.272 e. The van der Waals surface area contributed by atoms with Gasteiger partial charge in [0.2, 0.25) is 5.91 Å². The summed E-state index contributed by atoms with van der Waals surface area (Å²) in [5.74, 6) is 0.0845. The monoisotopic (exact) mass is 682 g/mol. The number of amides is 3. The quantitative estimate of drug-likeness (QED) is 0.111. The van der Waals surface area contributed by atoms with E-state index in [4.69, 9.17) is 14.2 Å². The van der Waals surface area contributed by atoms with Crippen LogP contribution in [-0.2, 0) is 22.4 Å². The highest BCUT2D eigenvalue weighted by molar-refractivity contribution is 8.00. The van der Waals surface area contributed by atoms with Crippen molar-refractivity contribution in [2.24, 2.45) is 0 Å². The molecule has 1 heterocycles. The summed E-state index contributed by atoms with van der Waals surface area (Å²) >= 11 is 2.79. The normalized spacial score (nSPS) is 12.2. The summed E-state index contributed by atoms with van der Waals surface area (Å²) in [6.45, 7) is 0. The Balaban J connectivity index is 1.33. The molecule has 0 unspecified atom stereocenters. The van der Waals surface area contributed by atoms with Gasteiger partial charge in [-0.3, -0.25) is 14.4 Å². The minimum atomic E-state index is -0.582. The standard InChI is InChI=1S/C36H34N4O6S2/c1-44-29-19-31(46-3)30(45-2)17-23(29)16-28(39-34(42)22-10-5-4-6-11-22)35(43)38-24-12-9-13-25(18-24)47-21-33(41)40-36-27(20-37)26-14-7-8-15-32(26)48-36/h4-6,9-13,16-19H,7-8,14-15,21H2,1-3H3,(H,38,43)(H,39,42)(H,40,41)/b28-16+. The molecule has 0 fully saturated rings. The third-order valence-electron chi connectivity index (χ3n) is 7.56. The van der Waals surface area contributed by atoms with Gasteiger partial charge >= 0.3 is 0 Å². The molecule has 4 aromatic rings. The second-order valence-electron chi connectivity index (χ2n) is 10.7. The topological polar surface area (TPSA) is 139 Å². The molecule has 0 saturated heterocycles. The Labute approximate surface area is 287 Å². The average molecular weight is 683 g/mol. The average Bonchev–Trinajstić information content (AvgIpc) is 3.47. The fourth-order valence-corrected chi connectivity index (χ4v) is 7.22. The van der Waals surface area contributed by atoms with Crippen LogP contribution in [-0.4, -0.2) is 44.8 Å². The Bertz CT molecular complexity index is 1900. The molecule has 0 saturated carbocycles. The van der Waals surface area contributed by atoms with Crippen molar-refractivity contribution in [1.82, 2.24) is 5.32 Å².